The highest BCUT2D eigenvalue weighted by Gasteiger charge is 2.36. The van der Waals surface area contributed by atoms with Crippen LogP contribution in [0.4, 0.5) is 5.69 Å². The molecule has 1 aliphatic rings. The van der Waals surface area contributed by atoms with Crippen LogP contribution in [0.25, 0.3) is 0 Å². The van der Waals surface area contributed by atoms with E-state index in [2.05, 4.69) is 5.32 Å². The Hall–Kier alpha value is -3.56. The van der Waals surface area contributed by atoms with Gasteiger partial charge in [-0.1, -0.05) is 114 Å². The number of sulfonamides is 1. The second-order valence-electron chi connectivity index (χ2n) is 11.7. The predicted molar refractivity (Wildman–Crippen MR) is 189 cm³/mol. The van der Waals surface area contributed by atoms with Crippen LogP contribution in [-0.2, 0) is 32.6 Å². The first-order valence-corrected chi connectivity index (χ1v) is 18.0. The van der Waals surface area contributed by atoms with Crippen molar-refractivity contribution in [1.82, 2.24) is 10.2 Å². The van der Waals surface area contributed by atoms with Gasteiger partial charge in [-0.05, 0) is 67.3 Å². The zero-order valence-corrected chi connectivity index (χ0v) is 29.0. The Morgan fingerprint density at radius 2 is 1.51 bits per heavy atom. The van der Waals surface area contributed by atoms with E-state index in [-0.39, 0.29) is 45.5 Å². The minimum absolute atomic E-state index is 0.00701. The molecule has 47 heavy (non-hydrogen) atoms. The lowest BCUT2D eigenvalue weighted by Crippen LogP contribution is -2.54. The highest BCUT2D eigenvalue weighted by molar-refractivity contribution is 7.92. The largest absolute Gasteiger partial charge is 0.352 e. The van der Waals surface area contributed by atoms with Crippen LogP contribution in [0, 0.1) is 6.92 Å². The van der Waals surface area contributed by atoms with E-state index in [4.69, 9.17) is 34.8 Å². The summed E-state index contributed by atoms with van der Waals surface area (Å²) in [6, 6.07) is 26.5. The topological polar surface area (TPSA) is 86.8 Å². The SMILES string of the molecule is Cc1ccc(S(=O)(=O)N(CC(=O)N(Cc2cccc(Cl)c2)C(Cc2ccccc2)C(=O)NC2CCCC2)c2cccc(Cl)c2Cl)cc1. The van der Waals surface area contributed by atoms with Gasteiger partial charge in [-0.3, -0.25) is 13.9 Å². The van der Waals surface area contributed by atoms with E-state index < -0.39 is 28.5 Å². The van der Waals surface area contributed by atoms with Crippen LogP contribution in [0.3, 0.4) is 0 Å². The van der Waals surface area contributed by atoms with E-state index in [0.717, 1.165) is 41.1 Å². The average Bonchev–Trinajstić information content (AvgIpc) is 3.56. The monoisotopic (exact) mass is 711 g/mol. The summed E-state index contributed by atoms with van der Waals surface area (Å²) >= 11 is 19.3. The van der Waals surface area contributed by atoms with Crippen molar-refractivity contribution in [2.75, 3.05) is 10.8 Å². The third-order valence-electron chi connectivity index (χ3n) is 8.30. The molecule has 1 N–H and O–H groups in total. The van der Waals surface area contributed by atoms with Crippen LogP contribution in [0.15, 0.2) is 102 Å². The zero-order valence-electron chi connectivity index (χ0n) is 25.9. The van der Waals surface area contributed by atoms with Gasteiger partial charge in [0, 0.05) is 24.0 Å². The Morgan fingerprint density at radius 3 is 2.19 bits per heavy atom. The number of rotatable bonds is 12. The van der Waals surface area contributed by atoms with Gasteiger partial charge in [0.15, 0.2) is 0 Å². The minimum Gasteiger partial charge on any atom is -0.352 e. The molecule has 1 aliphatic carbocycles. The van der Waals surface area contributed by atoms with Crippen LogP contribution in [0.5, 0.6) is 0 Å². The minimum atomic E-state index is -4.32. The number of carbonyl (C=O) groups is 2. The van der Waals surface area contributed by atoms with Gasteiger partial charge in [0.1, 0.15) is 12.6 Å². The average molecular weight is 713 g/mol. The molecule has 2 amide bonds. The Morgan fingerprint density at radius 1 is 0.851 bits per heavy atom. The molecule has 5 rings (SSSR count). The summed E-state index contributed by atoms with van der Waals surface area (Å²) in [5, 5.41) is 3.76. The van der Waals surface area contributed by atoms with Crippen LogP contribution < -0.4 is 9.62 Å². The molecule has 0 saturated heterocycles. The van der Waals surface area contributed by atoms with Gasteiger partial charge >= 0.3 is 0 Å². The maximum Gasteiger partial charge on any atom is 0.264 e. The fourth-order valence-corrected chi connectivity index (χ4v) is 7.88. The number of amides is 2. The molecule has 0 spiro atoms. The van der Waals surface area contributed by atoms with Crippen molar-refractivity contribution < 1.29 is 18.0 Å². The molecule has 7 nitrogen and oxygen atoms in total. The number of hydrogen-bond donors (Lipinski definition) is 1. The lowest BCUT2D eigenvalue weighted by Gasteiger charge is -2.34. The molecule has 4 aromatic carbocycles. The summed E-state index contributed by atoms with van der Waals surface area (Å²) < 4.78 is 29.5. The van der Waals surface area contributed by atoms with Crippen molar-refractivity contribution in [3.05, 3.63) is 129 Å². The van der Waals surface area contributed by atoms with E-state index >= 15 is 0 Å². The van der Waals surface area contributed by atoms with E-state index in [1.807, 2.05) is 43.3 Å². The van der Waals surface area contributed by atoms with Crippen molar-refractivity contribution in [1.29, 1.82) is 0 Å². The molecule has 0 heterocycles. The third-order valence-corrected chi connectivity index (χ3v) is 11.1. The van der Waals surface area contributed by atoms with Crippen LogP contribution in [0.1, 0.15) is 42.4 Å². The van der Waals surface area contributed by atoms with Crippen molar-refractivity contribution in [3.8, 4) is 0 Å². The molecule has 1 unspecified atom stereocenters. The molecule has 0 aromatic heterocycles. The standard InChI is InChI=1S/C36H36Cl3N3O4S/c1-25-17-19-30(20-18-25)47(45,46)42(32-16-8-15-31(38)35(32)39)24-34(43)41(23-27-11-7-12-28(37)21-27)33(22-26-9-3-2-4-10-26)36(44)40-29-13-5-6-14-29/h2-4,7-12,15-21,29,33H,5-6,13-14,22-24H2,1H3,(H,40,44). The van der Waals surface area contributed by atoms with E-state index in [1.165, 1.54) is 23.1 Å². The van der Waals surface area contributed by atoms with Crippen LogP contribution in [-0.4, -0.2) is 43.8 Å². The van der Waals surface area contributed by atoms with Crippen LogP contribution >= 0.6 is 34.8 Å². The second kappa shape index (κ2) is 15.6. The third kappa shape index (κ3) is 8.68. The Kier molecular flexibility index (Phi) is 11.5. The molecule has 1 fully saturated rings. The van der Waals surface area contributed by atoms with Gasteiger partial charge in [0.2, 0.25) is 11.8 Å². The molecule has 1 saturated carbocycles. The number of halogens is 3. The van der Waals surface area contributed by atoms with Gasteiger partial charge < -0.3 is 10.2 Å². The molecule has 11 heteroatoms. The van der Waals surface area contributed by atoms with Crippen molar-refractivity contribution in [2.45, 2.75) is 62.6 Å². The number of hydrogen-bond acceptors (Lipinski definition) is 4. The fraction of sp³-hybridized carbons (Fsp3) is 0.278. The van der Waals surface area contributed by atoms with Crippen LogP contribution in [0.2, 0.25) is 15.1 Å². The molecular formula is C36H36Cl3N3O4S. The first-order chi connectivity index (χ1) is 22.5. The number of nitrogens with zero attached hydrogens (tertiary/aromatic N) is 2. The van der Waals surface area contributed by atoms with Gasteiger partial charge in [-0.15, -0.1) is 0 Å². The quantitative estimate of drug-likeness (QED) is 0.162. The first-order valence-electron chi connectivity index (χ1n) is 15.4. The first kappa shape index (κ1) is 34.8. The van der Waals surface area contributed by atoms with Crippen molar-refractivity contribution in [3.63, 3.8) is 0 Å². The number of anilines is 1. The summed E-state index contributed by atoms with van der Waals surface area (Å²) in [4.78, 5) is 30.2. The Bertz CT molecular complexity index is 1820. The van der Waals surface area contributed by atoms with Gasteiger partial charge in [-0.25, -0.2) is 8.42 Å². The maximum atomic E-state index is 14.6. The molecule has 0 radical (unpaired) electrons. The molecular weight excluding hydrogens is 677 g/mol. The smallest absolute Gasteiger partial charge is 0.264 e. The maximum absolute atomic E-state index is 14.6. The molecule has 0 aliphatic heterocycles. The zero-order chi connectivity index (χ0) is 33.6. The molecule has 0 bridgehead atoms. The summed E-state index contributed by atoms with van der Waals surface area (Å²) in [5.74, 6) is -0.899. The second-order valence-corrected chi connectivity index (χ2v) is 14.8. The number of benzene rings is 4. The lowest BCUT2D eigenvalue weighted by molar-refractivity contribution is -0.140. The number of carbonyl (C=O) groups excluding carboxylic acids is 2. The Balaban J connectivity index is 1.59. The highest BCUT2D eigenvalue weighted by Crippen LogP contribution is 2.36. The van der Waals surface area contributed by atoms with E-state index in [9.17, 15) is 18.0 Å². The predicted octanol–water partition coefficient (Wildman–Crippen LogP) is 7.85. The fourth-order valence-electron chi connectivity index (χ4n) is 5.79. The van der Waals surface area contributed by atoms with Gasteiger partial charge in [0.05, 0.1) is 20.6 Å². The number of nitrogens with one attached hydrogen (secondary N) is 1. The molecule has 1 atom stereocenters. The van der Waals surface area contributed by atoms with Crippen molar-refractivity contribution in [2.24, 2.45) is 0 Å². The summed E-state index contributed by atoms with van der Waals surface area (Å²) in [6.07, 6.45) is 3.98. The summed E-state index contributed by atoms with van der Waals surface area (Å²) in [5.41, 5.74) is 2.46. The Labute approximate surface area is 291 Å². The summed E-state index contributed by atoms with van der Waals surface area (Å²) in [6.45, 7) is 1.22. The molecule has 246 valence electrons. The van der Waals surface area contributed by atoms with Gasteiger partial charge in [-0.2, -0.15) is 0 Å². The number of aryl methyl sites for hydroxylation is 1. The van der Waals surface area contributed by atoms with E-state index in [0.29, 0.717) is 10.6 Å². The highest BCUT2D eigenvalue weighted by atomic mass is 35.5. The molecule has 4 aromatic rings. The van der Waals surface area contributed by atoms with Crippen molar-refractivity contribution >= 4 is 62.3 Å². The lowest BCUT2D eigenvalue weighted by atomic mass is 10.0. The summed E-state index contributed by atoms with van der Waals surface area (Å²) in [7, 11) is -4.32. The van der Waals surface area contributed by atoms with Gasteiger partial charge in [0.25, 0.3) is 10.0 Å². The van der Waals surface area contributed by atoms with E-state index in [1.54, 1.807) is 42.5 Å². The normalized spacial score (nSPS) is 14.0.